The van der Waals surface area contributed by atoms with Crippen LogP contribution in [0.25, 0.3) is 0 Å². The van der Waals surface area contributed by atoms with Crippen molar-refractivity contribution in [2.45, 2.75) is 64.6 Å². The molecule has 1 unspecified atom stereocenters. The van der Waals surface area contributed by atoms with Gasteiger partial charge in [0.25, 0.3) is 0 Å². The van der Waals surface area contributed by atoms with Crippen LogP contribution in [0.3, 0.4) is 0 Å². The summed E-state index contributed by atoms with van der Waals surface area (Å²) in [5.41, 5.74) is 2.41. The molecule has 1 saturated carbocycles. The van der Waals surface area contributed by atoms with Gasteiger partial charge in [0, 0.05) is 25.6 Å². The van der Waals surface area contributed by atoms with Crippen LogP contribution >= 0.6 is 0 Å². The summed E-state index contributed by atoms with van der Waals surface area (Å²) in [6.07, 6.45) is 3.49. The molecule has 4 nitrogen and oxygen atoms in total. The van der Waals surface area contributed by atoms with Crippen molar-refractivity contribution in [1.29, 1.82) is 0 Å². The molecule has 0 spiro atoms. The van der Waals surface area contributed by atoms with Crippen LogP contribution in [0.2, 0.25) is 0 Å². The largest absolute Gasteiger partial charge is 0.337 e. The summed E-state index contributed by atoms with van der Waals surface area (Å²) in [6, 6.07) is 8.73. The lowest BCUT2D eigenvalue weighted by molar-refractivity contribution is -0.138. The van der Waals surface area contributed by atoms with E-state index in [0.29, 0.717) is 19.0 Å². The molecule has 1 fully saturated rings. The quantitative estimate of drug-likeness (QED) is 0.857. The van der Waals surface area contributed by atoms with Crippen LogP contribution in [-0.4, -0.2) is 40.2 Å². The molecule has 3 rings (SSSR count). The second kappa shape index (κ2) is 6.34. The first-order valence-electron chi connectivity index (χ1n) is 8.65. The standard InChI is InChI=1S/C19H26N2O2/c1-13(2)21(16-8-9-16)19(23)12-18-17-7-5-4-6-15(17)10-11-20(18)14(3)22/h4-7,13,16,18H,8-12H2,1-3H3. The average Bonchev–Trinajstić information content (AvgIpc) is 3.31. The topological polar surface area (TPSA) is 40.6 Å². The molecule has 4 heteroatoms. The van der Waals surface area contributed by atoms with E-state index < -0.39 is 0 Å². The molecule has 0 N–H and O–H groups in total. The third kappa shape index (κ3) is 3.26. The maximum absolute atomic E-state index is 12.9. The van der Waals surface area contributed by atoms with Crippen molar-refractivity contribution >= 4 is 11.8 Å². The van der Waals surface area contributed by atoms with E-state index in [9.17, 15) is 9.59 Å². The first kappa shape index (κ1) is 16.0. The fraction of sp³-hybridized carbons (Fsp3) is 0.579. The number of carbonyl (C=O) groups excluding carboxylic acids is 2. The van der Waals surface area contributed by atoms with Crippen LogP contribution in [0, 0.1) is 0 Å². The highest BCUT2D eigenvalue weighted by atomic mass is 16.2. The molecule has 124 valence electrons. The normalized spacial score (nSPS) is 20.3. The van der Waals surface area contributed by atoms with Crippen molar-refractivity contribution in [3.8, 4) is 0 Å². The van der Waals surface area contributed by atoms with E-state index >= 15 is 0 Å². The number of carbonyl (C=O) groups is 2. The van der Waals surface area contributed by atoms with Gasteiger partial charge in [-0.1, -0.05) is 24.3 Å². The maximum atomic E-state index is 12.9. The van der Waals surface area contributed by atoms with Crippen molar-refractivity contribution in [1.82, 2.24) is 9.80 Å². The van der Waals surface area contributed by atoms with E-state index in [0.717, 1.165) is 24.8 Å². The fourth-order valence-electron chi connectivity index (χ4n) is 3.79. The summed E-state index contributed by atoms with van der Waals surface area (Å²) in [5, 5.41) is 0. The van der Waals surface area contributed by atoms with Crippen LogP contribution in [0.5, 0.6) is 0 Å². The van der Waals surface area contributed by atoms with E-state index in [1.54, 1.807) is 6.92 Å². The van der Waals surface area contributed by atoms with Gasteiger partial charge < -0.3 is 9.80 Å². The number of fused-ring (bicyclic) bond motifs is 1. The minimum absolute atomic E-state index is 0.0554. The van der Waals surface area contributed by atoms with Gasteiger partial charge in [0.05, 0.1) is 12.5 Å². The summed E-state index contributed by atoms with van der Waals surface area (Å²) in [5.74, 6) is 0.232. The summed E-state index contributed by atoms with van der Waals surface area (Å²) in [7, 11) is 0. The highest BCUT2D eigenvalue weighted by Crippen LogP contribution is 2.35. The third-order valence-corrected chi connectivity index (χ3v) is 4.97. The summed E-state index contributed by atoms with van der Waals surface area (Å²) < 4.78 is 0. The molecule has 0 bridgehead atoms. The van der Waals surface area contributed by atoms with Gasteiger partial charge >= 0.3 is 0 Å². The Labute approximate surface area is 138 Å². The lowest BCUT2D eigenvalue weighted by atomic mass is 9.90. The second-order valence-corrected chi connectivity index (χ2v) is 7.01. The van der Waals surface area contributed by atoms with Crippen LogP contribution in [0.1, 0.15) is 57.2 Å². The Hall–Kier alpha value is -1.84. The number of hydrogen-bond acceptors (Lipinski definition) is 2. The van der Waals surface area contributed by atoms with E-state index in [2.05, 4.69) is 26.0 Å². The average molecular weight is 314 g/mol. The monoisotopic (exact) mass is 314 g/mol. The lowest BCUT2D eigenvalue weighted by Crippen LogP contribution is -2.44. The Kier molecular flexibility index (Phi) is 4.42. The predicted molar refractivity (Wildman–Crippen MR) is 89.9 cm³/mol. The summed E-state index contributed by atoms with van der Waals surface area (Å²) in [6.45, 7) is 6.46. The molecule has 1 aliphatic heterocycles. The van der Waals surface area contributed by atoms with Crippen LogP contribution in [0.4, 0.5) is 0 Å². The van der Waals surface area contributed by atoms with Crippen LogP contribution in [-0.2, 0) is 16.0 Å². The number of hydrogen-bond donors (Lipinski definition) is 0. The summed E-state index contributed by atoms with van der Waals surface area (Å²) >= 11 is 0. The van der Waals surface area contributed by atoms with E-state index in [1.807, 2.05) is 21.9 Å². The minimum Gasteiger partial charge on any atom is -0.337 e. The lowest BCUT2D eigenvalue weighted by Gasteiger charge is -2.38. The smallest absolute Gasteiger partial charge is 0.225 e. The zero-order chi connectivity index (χ0) is 16.6. The molecular weight excluding hydrogens is 288 g/mol. The SMILES string of the molecule is CC(=O)N1CCc2ccccc2C1CC(=O)N(C(C)C)C1CC1. The molecule has 0 aromatic heterocycles. The van der Waals surface area contributed by atoms with Crippen molar-refractivity contribution in [2.75, 3.05) is 6.54 Å². The molecule has 0 radical (unpaired) electrons. The molecular formula is C19H26N2O2. The molecule has 1 atom stereocenters. The van der Waals surface area contributed by atoms with Gasteiger partial charge in [-0.05, 0) is 44.2 Å². The molecule has 2 amide bonds. The summed E-state index contributed by atoms with van der Waals surface area (Å²) in [4.78, 5) is 28.8. The first-order valence-corrected chi connectivity index (χ1v) is 8.65. The van der Waals surface area contributed by atoms with Crippen molar-refractivity contribution in [2.24, 2.45) is 0 Å². The van der Waals surface area contributed by atoms with E-state index in [4.69, 9.17) is 0 Å². The molecule has 0 saturated heterocycles. The van der Waals surface area contributed by atoms with Crippen LogP contribution < -0.4 is 0 Å². The van der Waals surface area contributed by atoms with Gasteiger partial charge in [0.2, 0.25) is 11.8 Å². The van der Waals surface area contributed by atoms with Gasteiger partial charge in [-0.25, -0.2) is 0 Å². The molecule has 23 heavy (non-hydrogen) atoms. The zero-order valence-electron chi connectivity index (χ0n) is 14.3. The molecule has 1 heterocycles. The highest BCUT2D eigenvalue weighted by molar-refractivity contribution is 5.80. The Morgan fingerprint density at radius 3 is 2.57 bits per heavy atom. The van der Waals surface area contributed by atoms with Crippen molar-refractivity contribution in [3.63, 3.8) is 0 Å². The number of nitrogens with zero attached hydrogens (tertiary/aromatic N) is 2. The molecule has 1 aromatic rings. The predicted octanol–water partition coefficient (Wildman–Crippen LogP) is 2.92. The number of amides is 2. The highest BCUT2D eigenvalue weighted by Gasteiger charge is 2.37. The minimum atomic E-state index is -0.120. The van der Waals surface area contributed by atoms with Gasteiger partial charge in [-0.3, -0.25) is 9.59 Å². The number of rotatable bonds is 4. The Balaban J connectivity index is 1.85. The van der Waals surface area contributed by atoms with Gasteiger partial charge in [0.1, 0.15) is 0 Å². The number of benzene rings is 1. The van der Waals surface area contributed by atoms with Gasteiger partial charge in [-0.15, -0.1) is 0 Å². The first-order chi connectivity index (χ1) is 11.0. The van der Waals surface area contributed by atoms with Crippen LogP contribution in [0.15, 0.2) is 24.3 Å². The van der Waals surface area contributed by atoms with Gasteiger partial charge in [-0.2, -0.15) is 0 Å². The molecule has 1 aliphatic carbocycles. The Bertz CT molecular complexity index is 605. The third-order valence-electron chi connectivity index (χ3n) is 4.97. The Morgan fingerprint density at radius 2 is 1.96 bits per heavy atom. The van der Waals surface area contributed by atoms with Crippen molar-refractivity contribution in [3.05, 3.63) is 35.4 Å². The van der Waals surface area contributed by atoms with Gasteiger partial charge in [0.15, 0.2) is 0 Å². The Morgan fingerprint density at radius 1 is 1.26 bits per heavy atom. The van der Waals surface area contributed by atoms with E-state index in [1.165, 1.54) is 5.56 Å². The zero-order valence-corrected chi connectivity index (χ0v) is 14.3. The molecule has 1 aromatic carbocycles. The maximum Gasteiger partial charge on any atom is 0.225 e. The van der Waals surface area contributed by atoms with E-state index in [-0.39, 0.29) is 23.9 Å². The second-order valence-electron chi connectivity index (χ2n) is 7.01. The van der Waals surface area contributed by atoms with Crippen molar-refractivity contribution < 1.29 is 9.59 Å². The molecule has 2 aliphatic rings. The fourth-order valence-corrected chi connectivity index (χ4v) is 3.79.